The van der Waals surface area contributed by atoms with E-state index in [1.807, 2.05) is 31.2 Å². The van der Waals surface area contributed by atoms with E-state index in [0.29, 0.717) is 55.0 Å². The Morgan fingerprint density at radius 2 is 1.96 bits per heavy atom. The summed E-state index contributed by atoms with van der Waals surface area (Å²) in [6, 6.07) is 10.7. The molecule has 1 aliphatic heterocycles. The minimum absolute atomic E-state index is 0.266. The zero-order valence-electron chi connectivity index (χ0n) is 14.5. The topological polar surface area (TPSA) is 68.8 Å². The molecule has 0 radical (unpaired) electrons. The van der Waals surface area contributed by atoms with Crippen LogP contribution in [0.15, 0.2) is 36.4 Å². The summed E-state index contributed by atoms with van der Waals surface area (Å²) in [7, 11) is 0. The highest BCUT2D eigenvalue weighted by atomic mass is 35.5. The number of urea groups is 1. The number of nitrogens with one attached hydrogen (secondary N) is 2. The smallest absolute Gasteiger partial charge is 0.319 e. The summed E-state index contributed by atoms with van der Waals surface area (Å²) in [6.07, 6.45) is 0.632. The van der Waals surface area contributed by atoms with Crippen LogP contribution in [0.1, 0.15) is 12.5 Å². The van der Waals surface area contributed by atoms with Crippen molar-refractivity contribution in [3.05, 3.63) is 47.0 Å². The number of hydrogen-bond acceptors (Lipinski definition) is 4. The molecular formula is C19H21ClN2O4. The van der Waals surface area contributed by atoms with Crippen LogP contribution in [0.4, 0.5) is 10.5 Å². The van der Waals surface area contributed by atoms with Crippen molar-refractivity contribution >= 4 is 23.3 Å². The average Bonchev–Trinajstić information content (AvgIpc) is 2.64. The summed E-state index contributed by atoms with van der Waals surface area (Å²) in [5, 5.41) is 6.13. The van der Waals surface area contributed by atoms with Crippen molar-refractivity contribution in [1.29, 1.82) is 0 Å². The highest BCUT2D eigenvalue weighted by molar-refractivity contribution is 6.32. The van der Waals surface area contributed by atoms with Crippen LogP contribution in [0.25, 0.3) is 0 Å². The fourth-order valence-corrected chi connectivity index (χ4v) is 2.89. The lowest BCUT2D eigenvalue weighted by Crippen LogP contribution is -2.30. The molecule has 0 bridgehead atoms. The van der Waals surface area contributed by atoms with Gasteiger partial charge in [-0.05, 0) is 55.3 Å². The third-order valence-electron chi connectivity index (χ3n) is 3.78. The molecule has 1 heterocycles. The largest absolute Gasteiger partial charge is 0.494 e. The predicted octanol–water partition coefficient (Wildman–Crippen LogP) is 3.87. The number of halogens is 1. The Bertz CT molecular complexity index is 765. The molecule has 138 valence electrons. The lowest BCUT2D eigenvalue weighted by molar-refractivity contribution is 0.171. The summed E-state index contributed by atoms with van der Waals surface area (Å²) in [5.41, 5.74) is 1.67. The molecule has 0 saturated carbocycles. The fraction of sp³-hybridized carbons (Fsp3) is 0.316. The van der Waals surface area contributed by atoms with Gasteiger partial charge in [0.2, 0.25) is 0 Å². The molecule has 0 aromatic heterocycles. The summed E-state index contributed by atoms with van der Waals surface area (Å²) < 4.78 is 16.4. The molecule has 3 rings (SSSR count). The second-order valence-corrected chi connectivity index (χ2v) is 6.10. The van der Waals surface area contributed by atoms with Crippen molar-refractivity contribution in [1.82, 2.24) is 5.32 Å². The Morgan fingerprint density at radius 3 is 2.73 bits per heavy atom. The van der Waals surface area contributed by atoms with E-state index in [4.69, 9.17) is 25.8 Å². The predicted molar refractivity (Wildman–Crippen MR) is 101 cm³/mol. The van der Waals surface area contributed by atoms with Crippen LogP contribution in [0.2, 0.25) is 5.02 Å². The zero-order chi connectivity index (χ0) is 18.4. The van der Waals surface area contributed by atoms with Crippen LogP contribution >= 0.6 is 11.6 Å². The third kappa shape index (κ3) is 4.73. The molecule has 0 atom stereocenters. The highest BCUT2D eigenvalue weighted by Crippen LogP contribution is 2.38. The van der Waals surface area contributed by atoms with E-state index >= 15 is 0 Å². The summed E-state index contributed by atoms with van der Waals surface area (Å²) in [4.78, 5) is 12.0. The first kappa shape index (κ1) is 18.2. The van der Waals surface area contributed by atoms with E-state index in [-0.39, 0.29) is 6.03 Å². The summed E-state index contributed by atoms with van der Waals surface area (Å²) >= 11 is 6.22. The Kier molecular flexibility index (Phi) is 6.07. The van der Waals surface area contributed by atoms with Gasteiger partial charge in [-0.1, -0.05) is 11.6 Å². The zero-order valence-corrected chi connectivity index (χ0v) is 15.3. The second-order valence-electron chi connectivity index (χ2n) is 5.69. The number of amides is 2. The Hall–Kier alpha value is -2.60. The Labute approximate surface area is 157 Å². The maximum absolute atomic E-state index is 12.0. The summed E-state index contributed by atoms with van der Waals surface area (Å²) in [5.74, 6) is 2.01. The van der Waals surface area contributed by atoms with E-state index in [1.165, 1.54) is 0 Å². The van der Waals surface area contributed by atoms with E-state index < -0.39 is 0 Å². The molecule has 0 fully saturated rings. The van der Waals surface area contributed by atoms with Crippen LogP contribution in [0, 0.1) is 0 Å². The Morgan fingerprint density at radius 1 is 1.19 bits per heavy atom. The normalized spacial score (nSPS) is 12.4. The molecule has 2 amide bonds. The molecule has 0 aliphatic carbocycles. The lowest BCUT2D eigenvalue weighted by Gasteiger charge is -2.20. The van der Waals surface area contributed by atoms with E-state index in [0.717, 1.165) is 11.3 Å². The van der Waals surface area contributed by atoms with Gasteiger partial charge in [0.05, 0.1) is 11.6 Å². The number of carbonyl (C=O) groups excluding carboxylic acids is 1. The van der Waals surface area contributed by atoms with Gasteiger partial charge in [-0.3, -0.25) is 0 Å². The number of fused-ring (bicyclic) bond motifs is 1. The van der Waals surface area contributed by atoms with Crippen LogP contribution in [-0.4, -0.2) is 32.4 Å². The number of rotatable bonds is 6. The van der Waals surface area contributed by atoms with Gasteiger partial charge in [-0.2, -0.15) is 0 Å². The Balaban J connectivity index is 1.48. The SMILES string of the molecule is CCOc1ccc(NC(=O)NCCc2cc(Cl)c3c(c2)OCCO3)cc1. The average molecular weight is 377 g/mol. The molecule has 2 aromatic carbocycles. The first-order valence-corrected chi connectivity index (χ1v) is 8.89. The first-order chi connectivity index (χ1) is 12.7. The van der Waals surface area contributed by atoms with Gasteiger partial charge in [-0.15, -0.1) is 0 Å². The molecule has 7 heteroatoms. The molecule has 0 saturated heterocycles. The van der Waals surface area contributed by atoms with Crippen LogP contribution in [0.3, 0.4) is 0 Å². The molecule has 0 spiro atoms. The van der Waals surface area contributed by atoms with Crippen molar-refractivity contribution in [3.8, 4) is 17.2 Å². The van der Waals surface area contributed by atoms with Gasteiger partial charge in [0.25, 0.3) is 0 Å². The maximum atomic E-state index is 12.0. The second kappa shape index (κ2) is 8.67. The lowest BCUT2D eigenvalue weighted by atomic mass is 10.1. The van der Waals surface area contributed by atoms with Gasteiger partial charge in [0, 0.05) is 12.2 Å². The van der Waals surface area contributed by atoms with Gasteiger partial charge in [-0.25, -0.2) is 4.79 Å². The van der Waals surface area contributed by atoms with Crippen molar-refractivity contribution < 1.29 is 19.0 Å². The van der Waals surface area contributed by atoms with Crippen molar-refractivity contribution in [2.45, 2.75) is 13.3 Å². The highest BCUT2D eigenvalue weighted by Gasteiger charge is 2.16. The number of carbonyl (C=O) groups is 1. The molecule has 1 aliphatic rings. The van der Waals surface area contributed by atoms with Crippen LogP contribution in [-0.2, 0) is 6.42 Å². The van der Waals surface area contributed by atoms with E-state index in [2.05, 4.69) is 10.6 Å². The van der Waals surface area contributed by atoms with E-state index in [9.17, 15) is 4.79 Å². The van der Waals surface area contributed by atoms with Crippen molar-refractivity contribution in [2.75, 3.05) is 31.7 Å². The standard InChI is InChI=1S/C19H21ClN2O4/c1-2-24-15-5-3-14(4-6-15)22-19(23)21-8-7-13-11-16(20)18-17(12-13)25-9-10-26-18/h3-6,11-12H,2,7-10H2,1H3,(H2,21,22,23). The van der Waals surface area contributed by atoms with Crippen molar-refractivity contribution in [2.24, 2.45) is 0 Å². The molecule has 6 nitrogen and oxygen atoms in total. The molecule has 26 heavy (non-hydrogen) atoms. The monoisotopic (exact) mass is 376 g/mol. The van der Waals surface area contributed by atoms with E-state index in [1.54, 1.807) is 12.1 Å². The molecule has 0 unspecified atom stereocenters. The van der Waals surface area contributed by atoms with Gasteiger partial charge >= 0.3 is 6.03 Å². The molecule has 2 aromatic rings. The maximum Gasteiger partial charge on any atom is 0.319 e. The fourth-order valence-electron chi connectivity index (χ4n) is 2.61. The summed E-state index contributed by atoms with van der Waals surface area (Å²) in [6.45, 7) is 4.01. The molecular weight excluding hydrogens is 356 g/mol. The first-order valence-electron chi connectivity index (χ1n) is 8.51. The number of anilines is 1. The quantitative estimate of drug-likeness (QED) is 0.802. The number of ether oxygens (including phenoxy) is 3. The van der Waals surface area contributed by atoms with Crippen LogP contribution < -0.4 is 24.8 Å². The van der Waals surface area contributed by atoms with Crippen molar-refractivity contribution in [3.63, 3.8) is 0 Å². The third-order valence-corrected chi connectivity index (χ3v) is 4.06. The van der Waals surface area contributed by atoms with Crippen LogP contribution in [0.5, 0.6) is 17.2 Å². The number of benzene rings is 2. The van der Waals surface area contributed by atoms with Gasteiger partial charge in [0.15, 0.2) is 11.5 Å². The minimum Gasteiger partial charge on any atom is -0.494 e. The minimum atomic E-state index is -0.266. The molecule has 2 N–H and O–H groups in total. The van der Waals surface area contributed by atoms with Gasteiger partial charge < -0.3 is 24.8 Å². The van der Waals surface area contributed by atoms with Gasteiger partial charge in [0.1, 0.15) is 19.0 Å². The number of hydrogen-bond donors (Lipinski definition) is 2.